The molecule has 5 aromatic rings. The molecule has 0 N–H and O–H groups in total. The zero-order chi connectivity index (χ0) is 23.1. The zero-order valence-electron chi connectivity index (χ0n) is 17.1. The Bertz CT molecular complexity index is 1630. The summed E-state index contributed by atoms with van der Waals surface area (Å²) in [6.07, 6.45) is 0. The highest BCUT2D eigenvalue weighted by Crippen LogP contribution is 2.13. The Kier molecular flexibility index (Phi) is 4.93. The van der Waals surface area contributed by atoms with E-state index in [0.29, 0.717) is 16.5 Å². The summed E-state index contributed by atoms with van der Waals surface area (Å²) in [5, 5.41) is 4.59. The zero-order valence-corrected chi connectivity index (χ0v) is 17.1. The molecule has 0 saturated heterocycles. The molecular weight excluding hydrogens is 430 g/mol. The maximum absolute atomic E-state index is 13.3. The second-order valence-electron chi connectivity index (χ2n) is 7.54. The van der Waals surface area contributed by atoms with Crippen molar-refractivity contribution < 1.29 is 13.6 Å². The van der Waals surface area contributed by atoms with E-state index >= 15 is 0 Å². The fourth-order valence-electron chi connectivity index (χ4n) is 3.75. The molecule has 5 rings (SSSR count). The number of aromatic nitrogens is 4. The first-order chi connectivity index (χ1) is 15.9. The van der Waals surface area contributed by atoms with Crippen LogP contribution in [-0.4, -0.2) is 24.5 Å². The average Bonchev–Trinajstić information content (AvgIpc) is 3.14. The van der Waals surface area contributed by atoms with Crippen LogP contribution in [0.2, 0.25) is 0 Å². The summed E-state index contributed by atoms with van der Waals surface area (Å²) in [4.78, 5) is 39.1. The Morgan fingerprint density at radius 2 is 1.48 bits per heavy atom. The number of hydrogen-bond acceptors (Lipinski definition) is 4. The molecule has 0 unspecified atom stereocenters. The number of ketones is 1. The van der Waals surface area contributed by atoms with Crippen LogP contribution in [0.4, 0.5) is 8.78 Å². The standard InChI is InChI=1S/C24H16F2N4O3/c25-17-9-5-15(6-10-17)13-28-22(32)19-3-1-2-4-20(19)30-23(28)27-29(24(30)33)14-21(31)16-7-11-18(26)12-8-16/h1-12H,13-14H2. The first kappa shape index (κ1) is 20.5. The second-order valence-corrected chi connectivity index (χ2v) is 7.54. The predicted octanol–water partition coefficient (Wildman–Crippen LogP) is 3.02. The Balaban J connectivity index is 1.68. The third kappa shape index (κ3) is 3.63. The van der Waals surface area contributed by atoms with Crippen LogP contribution in [0.1, 0.15) is 15.9 Å². The molecular formula is C24H16F2N4O3. The van der Waals surface area contributed by atoms with Crippen molar-refractivity contribution in [3.8, 4) is 0 Å². The lowest BCUT2D eigenvalue weighted by Crippen LogP contribution is -2.27. The third-order valence-corrected chi connectivity index (χ3v) is 5.40. The van der Waals surface area contributed by atoms with Crippen molar-refractivity contribution in [1.29, 1.82) is 0 Å². The maximum atomic E-state index is 13.3. The fraction of sp³-hybridized carbons (Fsp3) is 0.0833. The monoisotopic (exact) mass is 446 g/mol. The molecule has 0 bridgehead atoms. The minimum absolute atomic E-state index is 0.0514. The highest BCUT2D eigenvalue weighted by molar-refractivity contribution is 5.95. The van der Waals surface area contributed by atoms with Crippen LogP contribution in [0.25, 0.3) is 16.7 Å². The first-order valence-electron chi connectivity index (χ1n) is 10.1. The maximum Gasteiger partial charge on any atom is 0.352 e. The topological polar surface area (TPSA) is 78.4 Å². The quantitative estimate of drug-likeness (QED) is 0.389. The molecule has 0 saturated carbocycles. The highest BCUT2D eigenvalue weighted by atomic mass is 19.1. The van der Waals surface area contributed by atoms with Crippen LogP contribution in [0.15, 0.2) is 82.4 Å². The number of para-hydroxylation sites is 1. The smallest absolute Gasteiger partial charge is 0.292 e. The Labute approximate surface area is 184 Å². The van der Waals surface area contributed by atoms with Crippen LogP contribution in [-0.2, 0) is 13.1 Å². The summed E-state index contributed by atoms with van der Waals surface area (Å²) in [5.41, 5.74) is 0.265. The second kappa shape index (κ2) is 7.94. The Morgan fingerprint density at radius 1 is 0.848 bits per heavy atom. The van der Waals surface area contributed by atoms with Gasteiger partial charge in [0, 0.05) is 5.56 Å². The molecule has 0 fully saturated rings. The van der Waals surface area contributed by atoms with Gasteiger partial charge in [-0.3, -0.25) is 14.2 Å². The van der Waals surface area contributed by atoms with Crippen LogP contribution in [0.5, 0.6) is 0 Å². The lowest BCUT2D eigenvalue weighted by Gasteiger charge is -2.09. The van der Waals surface area contributed by atoms with Crippen molar-refractivity contribution in [2.24, 2.45) is 0 Å². The van der Waals surface area contributed by atoms with Gasteiger partial charge < -0.3 is 0 Å². The molecule has 164 valence electrons. The molecule has 0 aliphatic carbocycles. The SMILES string of the molecule is O=C(Cn1nc2n(Cc3ccc(F)cc3)c(=O)c3ccccc3n2c1=O)c1ccc(F)cc1. The van der Waals surface area contributed by atoms with E-state index in [4.69, 9.17) is 0 Å². The molecule has 2 heterocycles. The number of nitrogens with zero attached hydrogens (tertiary/aromatic N) is 4. The van der Waals surface area contributed by atoms with E-state index in [1.807, 2.05) is 0 Å². The van der Waals surface area contributed by atoms with Crippen molar-refractivity contribution in [2.75, 3.05) is 0 Å². The highest BCUT2D eigenvalue weighted by Gasteiger charge is 2.19. The van der Waals surface area contributed by atoms with Gasteiger partial charge in [-0.1, -0.05) is 24.3 Å². The molecule has 33 heavy (non-hydrogen) atoms. The summed E-state index contributed by atoms with van der Waals surface area (Å²) < 4.78 is 30.1. The minimum atomic E-state index is -0.593. The predicted molar refractivity (Wildman–Crippen MR) is 117 cm³/mol. The number of carbonyl (C=O) groups is 1. The van der Waals surface area contributed by atoms with Gasteiger partial charge in [-0.25, -0.2) is 22.7 Å². The summed E-state index contributed by atoms with van der Waals surface area (Å²) in [7, 11) is 0. The number of hydrogen-bond donors (Lipinski definition) is 0. The largest absolute Gasteiger partial charge is 0.352 e. The third-order valence-electron chi connectivity index (χ3n) is 5.40. The van der Waals surface area contributed by atoms with Crippen molar-refractivity contribution in [3.05, 3.63) is 116 Å². The van der Waals surface area contributed by atoms with Gasteiger partial charge in [0.2, 0.25) is 5.78 Å². The number of rotatable bonds is 5. The average molecular weight is 446 g/mol. The van der Waals surface area contributed by atoms with E-state index in [1.54, 1.807) is 36.4 Å². The van der Waals surface area contributed by atoms with Gasteiger partial charge in [0.15, 0.2) is 5.78 Å². The minimum Gasteiger partial charge on any atom is -0.292 e. The van der Waals surface area contributed by atoms with Crippen LogP contribution >= 0.6 is 0 Å². The van der Waals surface area contributed by atoms with Gasteiger partial charge in [-0.15, -0.1) is 5.10 Å². The summed E-state index contributed by atoms with van der Waals surface area (Å²) in [6, 6.07) is 17.2. The molecule has 0 radical (unpaired) electrons. The van der Waals surface area contributed by atoms with Gasteiger partial charge in [0.05, 0.1) is 17.4 Å². The van der Waals surface area contributed by atoms with Crippen LogP contribution < -0.4 is 11.2 Å². The van der Waals surface area contributed by atoms with Gasteiger partial charge >= 0.3 is 5.69 Å². The molecule has 0 aliphatic rings. The molecule has 0 spiro atoms. The number of Topliss-reactive ketones (excluding diaryl/α,β-unsaturated/α-hetero) is 1. The van der Waals surface area contributed by atoms with E-state index in [1.165, 1.54) is 33.2 Å². The number of carbonyl (C=O) groups excluding carboxylic acids is 1. The van der Waals surface area contributed by atoms with Crippen molar-refractivity contribution in [3.63, 3.8) is 0 Å². The van der Waals surface area contributed by atoms with Crippen LogP contribution in [0, 0.1) is 11.6 Å². The number of halogens is 2. The molecule has 2 aromatic heterocycles. The van der Waals surface area contributed by atoms with Crippen molar-refractivity contribution >= 4 is 22.5 Å². The fourth-order valence-corrected chi connectivity index (χ4v) is 3.75. The van der Waals surface area contributed by atoms with E-state index in [-0.39, 0.29) is 30.0 Å². The Morgan fingerprint density at radius 3 is 2.18 bits per heavy atom. The summed E-state index contributed by atoms with van der Waals surface area (Å²) in [5.74, 6) is -1.26. The van der Waals surface area contributed by atoms with Gasteiger partial charge in [-0.05, 0) is 54.1 Å². The van der Waals surface area contributed by atoms with Crippen molar-refractivity contribution in [1.82, 2.24) is 18.7 Å². The van der Waals surface area contributed by atoms with Crippen molar-refractivity contribution in [2.45, 2.75) is 13.1 Å². The summed E-state index contributed by atoms with van der Waals surface area (Å²) in [6.45, 7) is -0.332. The molecule has 9 heteroatoms. The number of fused-ring (bicyclic) bond motifs is 3. The first-order valence-corrected chi connectivity index (χ1v) is 10.1. The lowest BCUT2D eigenvalue weighted by atomic mass is 10.1. The van der Waals surface area contributed by atoms with E-state index in [2.05, 4.69) is 5.10 Å². The molecule has 3 aromatic carbocycles. The molecule has 0 atom stereocenters. The molecule has 0 aliphatic heterocycles. The van der Waals surface area contributed by atoms with Gasteiger partial charge in [0.1, 0.15) is 18.2 Å². The molecule has 0 amide bonds. The normalized spacial score (nSPS) is 11.3. The summed E-state index contributed by atoms with van der Waals surface area (Å²) >= 11 is 0. The lowest BCUT2D eigenvalue weighted by molar-refractivity contribution is 0.0966. The van der Waals surface area contributed by atoms with Gasteiger partial charge in [-0.2, -0.15) is 0 Å². The number of benzene rings is 3. The Hall–Kier alpha value is -4.40. The van der Waals surface area contributed by atoms with E-state index < -0.39 is 23.1 Å². The van der Waals surface area contributed by atoms with E-state index in [9.17, 15) is 23.2 Å². The molecule has 7 nitrogen and oxygen atoms in total. The van der Waals surface area contributed by atoms with Gasteiger partial charge in [0.25, 0.3) is 5.56 Å². The van der Waals surface area contributed by atoms with E-state index in [0.717, 1.165) is 16.8 Å². The van der Waals surface area contributed by atoms with Crippen LogP contribution in [0.3, 0.4) is 0 Å².